The van der Waals surface area contributed by atoms with Gasteiger partial charge in [0.05, 0.1) is 5.69 Å². The summed E-state index contributed by atoms with van der Waals surface area (Å²) in [7, 11) is 0. The number of nitrogens with zero attached hydrogens (tertiary/aromatic N) is 3. The average Bonchev–Trinajstić information content (AvgIpc) is 2.87. The van der Waals surface area contributed by atoms with Crippen molar-refractivity contribution >= 4 is 28.8 Å². The first-order valence-corrected chi connectivity index (χ1v) is 7.33. The Hall–Kier alpha value is -1.14. The minimum Gasteiger partial charge on any atom is -0.385 e. The molecular formula is C11H14N4S2. The quantitative estimate of drug-likeness (QED) is 0.814. The van der Waals surface area contributed by atoms with Crippen molar-refractivity contribution in [1.29, 1.82) is 0 Å². The fourth-order valence-electron chi connectivity index (χ4n) is 1.30. The average molecular weight is 266 g/mol. The van der Waals surface area contributed by atoms with Crippen LogP contribution in [0.2, 0.25) is 0 Å². The molecule has 2 aromatic rings. The number of rotatable bonds is 6. The number of aromatic nitrogens is 3. The largest absolute Gasteiger partial charge is 0.385 e. The first-order valence-electron chi connectivity index (χ1n) is 5.46. The Kier molecular flexibility index (Phi) is 4.75. The highest BCUT2D eigenvalue weighted by molar-refractivity contribution is 8.00. The molecule has 0 aliphatic rings. The molecule has 90 valence electrons. The van der Waals surface area contributed by atoms with Crippen LogP contribution in [0.4, 0.5) is 5.69 Å². The van der Waals surface area contributed by atoms with Crippen LogP contribution in [-0.2, 0) is 5.75 Å². The Morgan fingerprint density at radius 1 is 1.47 bits per heavy atom. The smallest absolute Gasteiger partial charge is 0.174 e. The third-order valence-corrected chi connectivity index (χ3v) is 3.97. The predicted molar refractivity (Wildman–Crippen MR) is 72.5 cm³/mol. The van der Waals surface area contributed by atoms with Crippen LogP contribution in [0.3, 0.4) is 0 Å². The molecule has 0 amide bonds. The molecule has 17 heavy (non-hydrogen) atoms. The maximum absolute atomic E-state index is 4.34. The van der Waals surface area contributed by atoms with Crippen LogP contribution in [0, 0.1) is 0 Å². The lowest BCUT2D eigenvalue weighted by Gasteiger charge is -2.05. The Morgan fingerprint density at radius 2 is 2.41 bits per heavy atom. The summed E-state index contributed by atoms with van der Waals surface area (Å²) >= 11 is 3.22. The highest BCUT2D eigenvalue weighted by Crippen LogP contribution is 2.23. The third kappa shape index (κ3) is 3.98. The van der Waals surface area contributed by atoms with Gasteiger partial charge in [0.2, 0.25) is 0 Å². The zero-order valence-electron chi connectivity index (χ0n) is 9.59. The molecule has 2 rings (SSSR count). The van der Waals surface area contributed by atoms with E-state index in [1.54, 1.807) is 28.6 Å². The van der Waals surface area contributed by atoms with Gasteiger partial charge >= 0.3 is 0 Å². The van der Waals surface area contributed by atoms with E-state index in [4.69, 9.17) is 0 Å². The second-order valence-corrected chi connectivity index (χ2v) is 5.51. The van der Waals surface area contributed by atoms with Crippen molar-refractivity contribution in [2.45, 2.75) is 23.4 Å². The van der Waals surface area contributed by atoms with Gasteiger partial charge in [-0.15, -0.1) is 10.2 Å². The molecule has 0 saturated heterocycles. The zero-order valence-corrected chi connectivity index (χ0v) is 11.2. The van der Waals surface area contributed by atoms with Gasteiger partial charge in [-0.3, -0.25) is 4.98 Å². The molecule has 4 nitrogen and oxygen atoms in total. The number of pyridine rings is 1. The van der Waals surface area contributed by atoms with Crippen molar-refractivity contribution in [2.24, 2.45) is 0 Å². The van der Waals surface area contributed by atoms with E-state index in [9.17, 15) is 0 Å². The van der Waals surface area contributed by atoms with Crippen molar-refractivity contribution in [3.8, 4) is 0 Å². The van der Waals surface area contributed by atoms with E-state index in [1.165, 1.54) is 0 Å². The van der Waals surface area contributed by atoms with Crippen molar-refractivity contribution < 1.29 is 0 Å². The predicted octanol–water partition coefficient (Wildman–Crippen LogP) is 3.05. The number of anilines is 1. The summed E-state index contributed by atoms with van der Waals surface area (Å²) in [6.45, 7) is 3.15. The highest BCUT2D eigenvalue weighted by Gasteiger charge is 2.01. The van der Waals surface area contributed by atoms with Crippen LogP contribution < -0.4 is 5.32 Å². The van der Waals surface area contributed by atoms with Crippen LogP contribution in [-0.4, -0.2) is 21.7 Å². The van der Waals surface area contributed by atoms with Crippen LogP contribution >= 0.6 is 23.1 Å². The SMILES string of the molecule is CCCNc1ccnc(CSc2nncs2)c1. The lowest BCUT2D eigenvalue weighted by molar-refractivity contribution is 0.977. The van der Waals surface area contributed by atoms with E-state index < -0.39 is 0 Å². The molecule has 2 aromatic heterocycles. The van der Waals surface area contributed by atoms with Crippen LogP contribution in [0.15, 0.2) is 28.2 Å². The standard InChI is InChI=1S/C11H14N4S2/c1-2-4-12-9-3-5-13-10(6-9)7-16-11-15-14-8-17-11/h3,5-6,8H,2,4,7H2,1H3,(H,12,13). The Labute approximate surface area is 109 Å². The first kappa shape index (κ1) is 12.3. The molecule has 1 N–H and O–H groups in total. The van der Waals surface area contributed by atoms with Crippen molar-refractivity contribution in [3.05, 3.63) is 29.5 Å². The van der Waals surface area contributed by atoms with Gasteiger partial charge in [0.25, 0.3) is 0 Å². The minimum atomic E-state index is 0.830. The Morgan fingerprint density at radius 3 is 3.18 bits per heavy atom. The first-order chi connectivity index (χ1) is 8.38. The minimum absolute atomic E-state index is 0.830. The third-order valence-electron chi connectivity index (χ3n) is 2.08. The van der Waals surface area contributed by atoms with Gasteiger partial charge in [0.15, 0.2) is 4.34 Å². The summed E-state index contributed by atoms with van der Waals surface area (Å²) in [5, 5.41) is 11.2. The van der Waals surface area contributed by atoms with Crippen molar-refractivity contribution in [2.75, 3.05) is 11.9 Å². The van der Waals surface area contributed by atoms with E-state index in [0.29, 0.717) is 0 Å². The monoisotopic (exact) mass is 266 g/mol. The molecular weight excluding hydrogens is 252 g/mol. The normalized spacial score (nSPS) is 10.4. The van der Waals surface area contributed by atoms with Gasteiger partial charge in [-0.2, -0.15) is 0 Å². The van der Waals surface area contributed by atoms with Gasteiger partial charge in [-0.05, 0) is 18.6 Å². The Balaban J connectivity index is 1.91. The molecule has 0 bridgehead atoms. The van der Waals surface area contributed by atoms with Gasteiger partial charge in [-0.25, -0.2) is 0 Å². The fraction of sp³-hybridized carbons (Fsp3) is 0.364. The van der Waals surface area contributed by atoms with E-state index in [0.717, 1.165) is 34.4 Å². The molecule has 0 saturated carbocycles. The van der Waals surface area contributed by atoms with Gasteiger partial charge < -0.3 is 5.32 Å². The van der Waals surface area contributed by atoms with E-state index in [2.05, 4.69) is 33.5 Å². The van der Waals surface area contributed by atoms with Gasteiger partial charge in [0.1, 0.15) is 5.51 Å². The number of nitrogens with one attached hydrogen (secondary N) is 1. The second-order valence-electron chi connectivity index (χ2n) is 3.46. The molecule has 0 aliphatic carbocycles. The van der Waals surface area contributed by atoms with E-state index in [1.807, 2.05) is 12.3 Å². The topological polar surface area (TPSA) is 50.7 Å². The molecule has 2 heterocycles. The molecule has 6 heteroatoms. The molecule has 0 fully saturated rings. The number of hydrogen-bond donors (Lipinski definition) is 1. The van der Waals surface area contributed by atoms with E-state index >= 15 is 0 Å². The fourth-order valence-corrected chi connectivity index (χ4v) is 2.69. The molecule has 0 radical (unpaired) electrons. The summed E-state index contributed by atoms with van der Waals surface area (Å²) in [5.41, 5.74) is 3.94. The maximum atomic E-state index is 4.34. The van der Waals surface area contributed by atoms with Gasteiger partial charge in [-0.1, -0.05) is 30.0 Å². The molecule has 0 spiro atoms. The van der Waals surface area contributed by atoms with Gasteiger partial charge in [0, 0.05) is 24.2 Å². The summed E-state index contributed by atoms with van der Waals surface area (Å²) in [4.78, 5) is 4.34. The van der Waals surface area contributed by atoms with Crippen LogP contribution in [0.1, 0.15) is 19.0 Å². The van der Waals surface area contributed by atoms with Crippen LogP contribution in [0.5, 0.6) is 0 Å². The molecule has 0 aliphatic heterocycles. The van der Waals surface area contributed by atoms with E-state index in [-0.39, 0.29) is 0 Å². The summed E-state index contributed by atoms with van der Waals surface area (Å²) in [5.74, 6) is 0.830. The summed E-state index contributed by atoms with van der Waals surface area (Å²) < 4.78 is 0.985. The summed E-state index contributed by atoms with van der Waals surface area (Å²) in [6.07, 6.45) is 2.96. The van der Waals surface area contributed by atoms with Crippen LogP contribution in [0.25, 0.3) is 0 Å². The van der Waals surface area contributed by atoms with Crippen molar-refractivity contribution in [3.63, 3.8) is 0 Å². The lowest BCUT2D eigenvalue weighted by Crippen LogP contribution is -2.00. The summed E-state index contributed by atoms with van der Waals surface area (Å²) in [6, 6.07) is 4.08. The lowest BCUT2D eigenvalue weighted by atomic mass is 10.3. The Bertz CT molecular complexity index is 444. The molecule has 0 unspecified atom stereocenters. The number of hydrogen-bond acceptors (Lipinski definition) is 6. The number of thioether (sulfide) groups is 1. The molecule has 0 aromatic carbocycles. The highest BCUT2D eigenvalue weighted by atomic mass is 32.2. The molecule has 0 atom stereocenters. The zero-order chi connectivity index (χ0) is 11.9. The maximum Gasteiger partial charge on any atom is 0.174 e. The second kappa shape index (κ2) is 6.56. The van der Waals surface area contributed by atoms with Crippen molar-refractivity contribution in [1.82, 2.24) is 15.2 Å².